The van der Waals surface area contributed by atoms with Crippen LogP contribution in [0.5, 0.6) is 0 Å². The van der Waals surface area contributed by atoms with Gasteiger partial charge in [0, 0.05) is 0 Å². The van der Waals surface area contributed by atoms with E-state index in [1.165, 1.54) is 0 Å². The quantitative estimate of drug-likeness (QED) is 0.598. The van der Waals surface area contributed by atoms with E-state index in [0.29, 0.717) is 18.8 Å². The third kappa shape index (κ3) is 1.71. The Hall–Kier alpha value is -0.570. The zero-order valence-electron chi connectivity index (χ0n) is 6.71. The molecule has 0 radical (unpaired) electrons. The number of carboxylic acid groups (broad SMARTS) is 1. The first kappa shape index (κ1) is 8.53. The fourth-order valence-corrected chi connectivity index (χ4v) is 1.72. The molecule has 1 fully saturated rings. The van der Waals surface area contributed by atoms with Crippen molar-refractivity contribution in [2.45, 2.75) is 38.2 Å². The van der Waals surface area contributed by atoms with E-state index < -0.39 is 11.6 Å². The van der Waals surface area contributed by atoms with Gasteiger partial charge in [-0.15, -0.1) is 0 Å². The summed E-state index contributed by atoms with van der Waals surface area (Å²) < 4.78 is 0. The lowest BCUT2D eigenvalue weighted by molar-refractivity contribution is -0.163. The minimum absolute atomic E-state index is 0.338. The van der Waals surface area contributed by atoms with Gasteiger partial charge in [0.05, 0.1) is 0 Å². The molecule has 0 saturated heterocycles. The Balaban J connectivity index is 2.63. The molecule has 0 aliphatic heterocycles. The highest BCUT2D eigenvalue weighted by Gasteiger charge is 2.39. The molecule has 2 atom stereocenters. The average molecular weight is 158 g/mol. The number of carbonyl (C=O) groups is 1. The predicted molar refractivity (Wildman–Crippen MR) is 40.2 cm³/mol. The molecular formula is C8H14O3. The van der Waals surface area contributed by atoms with Gasteiger partial charge in [-0.25, -0.2) is 4.79 Å². The van der Waals surface area contributed by atoms with Crippen LogP contribution in [0.3, 0.4) is 0 Å². The third-order valence-corrected chi connectivity index (χ3v) is 2.37. The molecule has 3 heteroatoms. The topological polar surface area (TPSA) is 57.5 Å². The van der Waals surface area contributed by atoms with Crippen molar-refractivity contribution in [3.05, 3.63) is 0 Å². The second-order valence-electron chi connectivity index (χ2n) is 3.54. The van der Waals surface area contributed by atoms with Crippen LogP contribution in [0.1, 0.15) is 32.6 Å². The smallest absolute Gasteiger partial charge is 0.335 e. The van der Waals surface area contributed by atoms with Crippen LogP contribution in [0.25, 0.3) is 0 Å². The van der Waals surface area contributed by atoms with Crippen molar-refractivity contribution >= 4 is 5.97 Å². The fraction of sp³-hybridized carbons (Fsp3) is 0.875. The molecule has 0 spiro atoms. The van der Waals surface area contributed by atoms with Gasteiger partial charge in [0.25, 0.3) is 0 Å². The Morgan fingerprint density at radius 1 is 1.64 bits per heavy atom. The van der Waals surface area contributed by atoms with Crippen molar-refractivity contribution in [1.82, 2.24) is 0 Å². The predicted octanol–water partition coefficient (Wildman–Crippen LogP) is 1.01. The molecule has 1 saturated carbocycles. The van der Waals surface area contributed by atoms with E-state index in [0.717, 1.165) is 12.8 Å². The molecule has 64 valence electrons. The number of hydrogen-bond acceptors (Lipinski definition) is 2. The zero-order valence-corrected chi connectivity index (χ0v) is 6.71. The molecule has 0 aromatic carbocycles. The maximum absolute atomic E-state index is 10.6. The van der Waals surface area contributed by atoms with E-state index in [-0.39, 0.29) is 0 Å². The van der Waals surface area contributed by atoms with Crippen LogP contribution < -0.4 is 0 Å². The molecule has 0 heterocycles. The molecule has 0 amide bonds. The van der Waals surface area contributed by atoms with Crippen LogP contribution in [0.4, 0.5) is 0 Å². The van der Waals surface area contributed by atoms with Crippen LogP contribution in [-0.4, -0.2) is 21.8 Å². The van der Waals surface area contributed by atoms with Crippen LogP contribution in [0, 0.1) is 5.92 Å². The van der Waals surface area contributed by atoms with Gasteiger partial charge < -0.3 is 10.2 Å². The van der Waals surface area contributed by atoms with Gasteiger partial charge in [0.1, 0.15) is 0 Å². The Morgan fingerprint density at radius 3 is 2.64 bits per heavy atom. The largest absolute Gasteiger partial charge is 0.479 e. The minimum Gasteiger partial charge on any atom is -0.479 e. The maximum atomic E-state index is 10.6. The second kappa shape index (κ2) is 2.81. The molecule has 11 heavy (non-hydrogen) atoms. The summed E-state index contributed by atoms with van der Waals surface area (Å²) in [4.78, 5) is 10.6. The average Bonchev–Trinajstić information content (AvgIpc) is 1.86. The normalized spacial score (nSPS) is 38.5. The lowest BCUT2D eigenvalue weighted by Gasteiger charge is -2.31. The first-order chi connectivity index (χ1) is 5.04. The third-order valence-electron chi connectivity index (χ3n) is 2.37. The highest BCUT2D eigenvalue weighted by Crippen LogP contribution is 2.32. The highest BCUT2D eigenvalue weighted by molar-refractivity contribution is 5.77. The van der Waals surface area contributed by atoms with E-state index in [1.54, 1.807) is 0 Å². The van der Waals surface area contributed by atoms with E-state index in [2.05, 4.69) is 0 Å². The molecule has 1 aliphatic rings. The minimum atomic E-state index is -1.43. The van der Waals surface area contributed by atoms with E-state index >= 15 is 0 Å². The van der Waals surface area contributed by atoms with Crippen molar-refractivity contribution in [2.75, 3.05) is 0 Å². The van der Waals surface area contributed by atoms with Crippen molar-refractivity contribution in [3.8, 4) is 0 Å². The summed E-state index contributed by atoms with van der Waals surface area (Å²) in [5, 5.41) is 18.2. The van der Waals surface area contributed by atoms with Crippen LogP contribution in [0.2, 0.25) is 0 Å². The first-order valence-corrected chi connectivity index (χ1v) is 4.00. The Kier molecular flexibility index (Phi) is 2.18. The molecular weight excluding hydrogens is 144 g/mol. The standard InChI is InChI=1S/C8H14O3/c1-6-3-2-4-8(11,5-6)7(9)10/h6,11H,2-5H2,1H3,(H,9,10)/t6?,8-/m0/s1. The summed E-state index contributed by atoms with van der Waals surface area (Å²) in [6.45, 7) is 1.98. The van der Waals surface area contributed by atoms with Crippen LogP contribution >= 0.6 is 0 Å². The monoisotopic (exact) mass is 158 g/mol. The molecule has 1 unspecified atom stereocenters. The van der Waals surface area contributed by atoms with Crippen molar-refractivity contribution in [3.63, 3.8) is 0 Å². The Labute approximate surface area is 66.0 Å². The van der Waals surface area contributed by atoms with Crippen molar-refractivity contribution in [2.24, 2.45) is 5.92 Å². The van der Waals surface area contributed by atoms with Gasteiger partial charge in [0.15, 0.2) is 5.60 Å². The number of aliphatic hydroxyl groups is 1. The Bertz CT molecular complexity index is 167. The van der Waals surface area contributed by atoms with Gasteiger partial charge in [-0.1, -0.05) is 13.3 Å². The van der Waals surface area contributed by atoms with Gasteiger partial charge in [-0.2, -0.15) is 0 Å². The van der Waals surface area contributed by atoms with Crippen molar-refractivity contribution < 1.29 is 15.0 Å². The number of carboxylic acids is 1. The molecule has 1 aliphatic carbocycles. The molecule has 2 N–H and O–H groups in total. The van der Waals surface area contributed by atoms with Gasteiger partial charge in [-0.3, -0.25) is 0 Å². The SMILES string of the molecule is CC1CCC[C@@](O)(C(=O)O)C1. The lowest BCUT2D eigenvalue weighted by atomic mass is 9.79. The summed E-state index contributed by atoms with van der Waals surface area (Å²) in [5.41, 5.74) is -1.43. The summed E-state index contributed by atoms with van der Waals surface area (Å²) in [7, 11) is 0. The van der Waals surface area contributed by atoms with E-state index in [9.17, 15) is 9.90 Å². The maximum Gasteiger partial charge on any atom is 0.335 e. The molecule has 0 aromatic rings. The fourth-order valence-electron chi connectivity index (χ4n) is 1.72. The molecule has 0 aromatic heterocycles. The number of hydrogen-bond donors (Lipinski definition) is 2. The first-order valence-electron chi connectivity index (χ1n) is 4.00. The number of aliphatic carboxylic acids is 1. The Morgan fingerprint density at radius 2 is 2.27 bits per heavy atom. The lowest BCUT2D eigenvalue weighted by Crippen LogP contribution is -2.42. The zero-order chi connectivity index (χ0) is 8.48. The second-order valence-corrected chi connectivity index (χ2v) is 3.54. The molecule has 3 nitrogen and oxygen atoms in total. The molecule has 1 rings (SSSR count). The van der Waals surface area contributed by atoms with Gasteiger partial charge in [-0.05, 0) is 25.2 Å². The highest BCUT2D eigenvalue weighted by atomic mass is 16.4. The van der Waals surface area contributed by atoms with E-state index in [4.69, 9.17) is 5.11 Å². The van der Waals surface area contributed by atoms with Gasteiger partial charge in [0.2, 0.25) is 0 Å². The van der Waals surface area contributed by atoms with Gasteiger partial charge >= 0.3 is 5.97 Å². The van der Waals surface area contributed by atoms with Crippen molar-refractivity contribution in [1.29, 1.82) is 0 Å². The molecule has 0 bridgehead atoms. The summed E-state index contributed by atoms with van der Waals surface area (Å²) in [5.74, 6) is -0.728. The van der Waals surface area contributed by atoms with Crippen LogP contribution in [-0.2, 0) is 4.79 Å². The summed E-state index contributed by atoms with van der Waals surface area (Å²) >= 11 is 0. The van der Waals surface area contributed by atoms with Crippen LogP contribution in [0.15, 0.2) is 0 Å². The summed E-state index contributed by atoms with van der Waals surface area (Å²) in [6, 6.07) is 0. The summed E-state index contributed by atoms with van der Waals surface area (Å²) in [6.07, 6.45) is 2.68. The number of rotatable bonds is 1. The van der Waals surface area contributed by atoms with E-state index in [1.807, 2.05) is 6.92 Å².